The van der Waals surface area contributed by atoms with Crippen molar-refractivity contribution in [2.75, 3.05) is 13.5 Å². The van der Waals surface area contributed by atoms with E-state index in [9.17, 15) is 4.79 Å². The van der Waals surface area contributed by atoms with E-state index in [1.165, 1.54) is 0 Å². The van der Waals surface area contributed by atoms with Crippen LogP contribution in [0.2, 0.25) is 0 Å². The zero-order chi connectivity index (χ0) is 13.0. The van der Waals surface area contributed by atoms with Gasteiger partial charge in [0.15, 0.2) is 0 Å². The number of nitrogens with zero attached hydrogens (tertiary/aromatic N) is 1. The largest absolute Gasteiger partial charge is 0.341 e. The molecule has 0 unspecified atom stereocenters. The first kappa shape index (κ1) is 6.69. The predicted octanol–water partition coefficient (Wildman–Crippen LogP) is 2.65. The molecule has 1 aliphatic heterocycles. The van der Waals surface area contributed by atoms with Gasteiger partial charge in [-0.1, -0.05) is 12.8 Å². The lowest BCUT2D eigenvalue weighted by atomic mass is 9.79. The van der Waals surface area contributed by atoms with Crippen LogP contribution in [0.15, 0.2) is 11.4 Å². The third-order valence-electron chi connectivity index (χ3n) is 3.64. The summed E-state index contributed by atoms with van der Waals surface area (Å²) in [4.78, 5) is 14.4. The maximum Gasteiger partial charge on any atom is 0.254 e. The molecule has 2 heterocycles. The lowest BCUT2D eigenvalue weighted by Gasteiger charge is -2.38. The molecule has 0 bridgehead atoms. The summed E-state index contributed by atoms with van der Waals surface area (Å²) in [6, 6.07) is 1.78. The van der Waals surface area contributed by atoms with Crippen molar-refractivity contribution < 1.29 is 8.91 Å². The second-order valence-electron chi connectivity index (χ2n) is 4.54. The first-order valence-corrected chi connectivity index (χ1v) is 6.22. The van der Waals surface area contributed by atoms with Gasteiger partial charge in [0.1, 0.15) is 0 Å². The zero-order valence-corrected chi connectivity index (χ0v) is 9.27. The summed E-state index contributed by atoms with van der Waals surface area (Å²) in [6.07, 6.45) is 4.25. The standard InChI is InChI=1S/C12H15NOS/c1-13-8-12(5-2-3-6-12)10-9(11(13)14)4-7-15-10/h4,7H,2-3,5-6,8H2,1H3/i1D3. The van der Waals surface area contributed by atoms with E-state index in [4.69, 9.17) is 4.11 Å². The highest BCUT2D eigenvalue weighted by Gasteiger charge is 2.44. The van der Waals surface area contributed by atoms with Gasteiger partial charge in [-0.25, -0.2) is 0 Å². The molecule has 0 radical (unpaired) electrons. The highest BCUT2D eigenvalue weighted by molar-refractivity contribution is 7.10. The summed E-state index contributed by atoms with van der Waals surface area (Å²) in [7, 11) is 0. The Hall–Kier alpha value is -0.830. The van der Waals surface area contributed by atoms with Crippen molar-refractivity contribution in [1.82, 2.24) is 4.90 Å². The molecular weight excluding hydrogens is 206 g/mol. The number of hydrogen-bond acceptors (Lipinski definition) is 2. The van der Waals surface area contributed by atoms with Gasteiger partial charge in [-0.05, 0) is 24.3 Å². The number of amides is 1. The smallest absolute Gasteiger partial charge is 0.254 e. The number of rotatable bonds is 0. The molecule has 3 heteroatoms. The van der Waals surface area contributed by atoms with E-state index in [-0.39, 0.29) is 11.3 Å². The van der Waals surface area contributed by atoms with Crippen LogP contribution in [0, 0.1) is 0 Å². The van der Waals surface area contributed by atoms with E-state index < -0.39 is 6.98 Å². The van der Waals surface area contributed by atoms with E-state index in [0.717, 1.165) is 35.5 Å². The molecule has 0 saturated heterocycles. The minimum absolute atomic E-state index is 0.0915. The minimum atomic E-state index is -2.33. The summed E-state index contributed by atoms with van der Waals surface area (Å²) in [6.45, 7) is -1.97. The fraction of sp³-hybridized carbons (Fsp3) is 0.583. The summed E-state index contributed by atoms with van der Waals surface area (Å²) >= 11 is 1.61. The second-order valence-corrected chi connectivity index (χ2v) is 5.46. The number of carbonyl (C=O) groups is 1. The Kier molecular flexibility index (Phi) is 1.37. The van der Waals surface area contributed by atoms with E-state index in [0.29, 0.717) is 12.1 Å². The highest BCUT2D eigenvalue weighted by atomic mass is 32.1. The van der Waals surface area contributed by atoms with Gasteiger partial charge in [-0.2, -0.15) is 0 Å². The SMILES string of the molecule is [2H]C([2H])([2H])N1CC2(CCCC2)c2sccc2C1=O. The van der Waals surface area contributed by atoms with Gasteiger partial charge in [0, 0.05) is 27.9 Å². The first-order chi connectivity index (χ1) is 8.44. The highest BCUT2D eigenvalue weighted by Crippen LogP contribution is 2.47. The number of fused-ring (bicyclic) bond motifs is 2. The average Bonchev–Trinajstić information content (AvgIpc) is 2.92. The van der Waals surface area contributed by atoms with Crippen LogP contribution in [0.4, 0.5) is 0 Å². The van der Waals surface area contributed by atoms with Crippen LogP contribution in [-0.2, 0) is 5.41 Å². The third kappa shape index (κ3) is 1.19. The number of likely N-dealkylation sites (N-methyl/N-ethyl adjacent to an activating group) is 1. The molecule has 1 aromatic heterocycles. The molecule has 1 saturated carbocycles. The van der Waals surface area contributed by atoms with Crippen molar-refractivity contribution in [1.29, 1.82) is 0 Å². The normalized spacial score (nSPS) is 27.3. The molecule has 0 aromatic carbocycles. The Morgan fingerprint density at radius 3 is 3.07 bits per heavy atom. The molecule has 80 valence electrons. The van der Waals surface area contributed by atoms with Crippen LogP contribution in [0.3, 0.4) is 0 Å². The second kappa shape index (κ2) is 3.08. The monoisotopic (exact) mass is 224 g/mol. The number of carbonyl (C=O) groups excluding carboxylic acids is 1. The van der Waals surface area contributed by atoms with Crippen LogP contribution in [0.25, 0.3) is 0 Å². The lowest BCUT2D eigenvalue weighted by Crippen LogP contribution is -2.45. The van der Waals surface area contributed by atoms with Gasteiger partial charge < -0.3 is 4.90 Å². The Bertz CT molecular complexity index is 488. The van der Waals surface area contributed by atoms with Crippen LogP contribution in [-0.4, -0.2) is 24.3 Å². The maximum atomic E-state index is 12.2. The number of thiophene rings is 1. The Morgan fingerprint density at radius 2 is 2.33 bits per heavy atom. The van der Waals surface area contributed by atoms with Crippen molar-refractivity contribution >= 4 is 17.2 Å². The number of hydrogen-bond donors (Lipinski definition) is 0. The fourth-order valence-corrected chi connectivity index (χ4v) is 4.06. The van der Waals surface area contributed by atoms with E-state index in [2.05, 4.69) is 0 Å². The van der Waals surface area contributed by atoms with Crippen LogP contribution >= 0.6 is 11.3 Å². The Balaban J connectivity index is 2.10. The molecule has 2 nitrogen and oxygen atoms in total. The fourth-order valence-electron chi connectivity index (χ4n) is 2.92. The maximum absolute atomic E-state index is 12.2. The molecule has 1 aliphatic carbocycles. The molecule has 1 aromatic rings. The summed E-state index contributed by atoms with van der Waals surface area (Å²) in [5, 5.41) is 1.91. The van der Waals surface area contributed by atoms with Gasteiger partial charge in [0.2, 0.25) is 0 Å². The van der Waals surface area contributed by atoms with Crippen LogP contribution in [0.1, 0.15) is 45.0 Å². The van der Waals surface area contributed by atoms with Gasteiger partial charge >= 0.3 is 0 Å². The Labute approximate surface area is 98.1 Å². The molecule has 1 amide bonds. The molecule has 1 spiro atoms. The van der Waals surface area contributed by atoms with Crippen molar-refractivity contribution in [2.24, 2.45) is 0 Å². The van der Waals surface area contributed by atoms with E-state index in [1.54, 1.807) is 17.4 Å². The topological polar surface area (TPSA) is 20.3 Å². The van der Waals surface area contributed by atoms with Crippen molar-refractivity contribution in [3.05, 3.63) is 21.9 Å². The molecule has 1 fully saturated rings. The summed E-state index contributed by atoms with van der Waals surface area (Å²) in [5.74, 6) is -0.330. The molecular formula is C12H15NOS. The van der Waals surface area contributed by atoms with Crippen molar-refractivity contribution in [3.8, 4) is 0 Å². The molecule has 15 heavy (non-hydrogen) atoms. The van der Waals surface area contributed by atoms with Gasteiger partial charge in [0.25, 0.3) is 5.91 Å². The molecule has 0 N–H and O–H groups in total. The first-order valence-electron chi connectivity index (χ1n) is 6.84. The quantitative estimate of drug-likeness (QED) is 0.663. The lowest BCUT2D eigenvalue weighted by molar-refractivity contribution is 0.0728. The average molecular weight is 224 g/mol. The summed E-state index contributed by atoms with van der Waals surface area (Å²) in [5.41, 5.74) is 0.524. The molecule has 0 atom stereocenters. The van der Waals surface area contributed by atoms with Crippen LogP contribution in [0.5, 0.6) is 0 Å². The predicted molar refractivity (Wildman–Crippen MR) is 61.4 cm³/mol. The van der Waals surface area contributed by atoms with Gasteiger partial charge in [-0.3, -0.25) is 4.79 Å². The Morgan fingerprint density at radius 1 is 1.53 bits per heavy atom. The molecule has 2 aliphatic rings. The molecule has 3 rings (SSSR count). The van der Waals surface area contributed by atoms with Gasteiger partial charge in [0.05, 0.1) is 5.56 Å². The van der Waals surface area contributed by atoms with E-state index >= 15 is 0 Å². The minimum Gasteiger partial charge on any atom is -0.341 e. The zero-order valence-electron chi connectivity index (χ0n) is 11.5. The van der Waals surface area contributed by atoms with Crippen molar-refractivity contribution in [2.45, 2.75) is 31.1 Å². The van der Waals surface area contributed by atoms with Crippen molar-refractivity contribution in [3.63, 3.8) is 0 Å². The third-order valence-corrected chi connectivity index (χ3v) is 4.80. The summed E-state index contributed by atoms with van der Waals surface area (Å²) < 4.78 is 22.6. The van der Waals surface area contributed by atoms with Gasteiger partial charge in [-0.15, -0.1) is 11.3 Å². The van der Waals surface area contributed by atoms with Crippen LogP contribution < -0.4 is 0 Å². The van der Waals surface area contributed by atoms with E-state index in [1.807, 2.05) is 5.38 Å².